The van der Waals surface area contributed by atoms with Gasteiger partial charge in [-0.1, -0.05) is 243 Å². The summed E-state index contributed by atoms with van der Waals surface area (Å²) in [7, 11) is -2.22. The fourth-order valence-electron chi connectivity index (χ4n) is 9.81. The maximum Gasteiger partial charge on any atom is -0.000883 e. The molecule has 0 N–H and O–H groups in total. The number of fused-ring (bicyclic) bond motifs is 6. The lowest BCUT2D eigenvalue weighted by Crippen LogP contribution is -2.27. The van der Waals surface area contributed by atoms with Crippen molar-refractivity contribution >= 4 is 112 Å². The third-order valence-electron chi connectivity index (χ3n) is 12.6. The first-order valence-corrected chi connectivity index (χ1v) is 24.0. The predicted octanol–water partition coefficient (Wildman–Crippen LogP) is 13.8. The lowest BCUT2D eigenvalue weighted by molar-refractivity contribution is 1.73. The SMILES string of the molecule is c1ccc2c(P(c3ccc4ccccc4c3-c3c(P(c4cccc5ccccc45)c4cccc5ccccc45)ccc4ccccc34)c3cccc4ccccc34)cccc2c1. The molecule has 0 saturated carbocycles. The van der Waals surface area contributed by atoms with E-state index in [0.29, 0.717) is 0 Å². The van der Waals surface area contributed by atoms with E-state index in [1.54, 1.807) is 0 Å². The molecule has 2 heteroatoms. The molecule has 0 atom stereocenters. The Balaban J connectivity index is 1.27. The number of rotatable bonds is 7. The Bertz CT molecular complexity index is 3250. The summed E-state index contributed by atoms with van der Waals surface area (Å²) in [5.74, 6) is 0. The zero-order valence-electron chi connectivity index (χ0n) is 34.0. The normalized spacial score (nSPS) is 11.8. The van der Waals surface area contributed by atoms with E-state index in [4.69, 9.17) is 0 Å². The number of hydrogen-bond acceptors (Lipinski definition) is 0. The molecule has 0 aliphatic rings. The molecule has 0 bridgehead atoms. The molecular weight excluding hydrogens is 783 g/mol. The van der Waals surface area contributed by atoms with Crippen molar-refractivity contribution in [3.63, 3.8) is 0 Å². The van der Waals surface area contributed by atoms with Crippen LogP contribution >= 0.6 is 15.8 Å². The van der Waals surface area contributed by atoms with Crippen molar-refractivity contribution in [2.45, 2.75) is 0 Å². The maximum atomic E-state index is 2.48. The number of hydrogen-bond donors (Lipinski definition) is 0. The van der Waals surface area contributed by atoms with Gasteiger partial charge in [0, 0.05) is 0 Å². The average Bonchev–Trinajstić information content (AvgIpc) is 3.34. The highest BCUT2D eigenvalue weighted by Crippen LogP contribution is 2.48. The summed E-state index contributed by atoms with van der Waals surface area (Å²) in [6.45, 7) is 0. The van der Waals surface area contributed by atoms with Crippen molar-refractivity contribution in [2.24, 2.45) is 0 Å². The summed E-state index contributed by atoms with van der Waals surface area (Å²) in [4.78, 5) is 0. The molecule has 0 nitrogen and oxygen atoms in total. The summed E-state index contributed by atoms with van der Waals surface area (Å²) >= 11 is 0. The first kappa shape index (κ1) is 36.9. The molecule has 0 unspecified atom stereocenters. The van der Waals surface area contributed by atoms with Gasteiger partial charge in [-0.3, -0.25) is 0 Å². The Morgan fingerprint density at radius 3 is 0.677 bits per heavy atom. The Kier molecular flexibility index (Phi) is 9.22. The summed E-state index contributed by atoms with van der Waals surface area (Å²) in [5, 5.41) is 23.6. The molecule has 0 spiro atoms. The van der Waals surface area contributed by atoms with E-state index in [1.807, 2.05) is 0 Å². The van der Waals surface area contributed by atoms with Crippen LogP contribution in [-0.2, 0) is 0 Å². The number of benzene rings is 12. The van der Waals surface area contributed by atoms with Crippen molar-refractivity contribution in [1.82, 2.24) is 0 Å². The average molecular weight is 823 g/mol. The molecule has 0 aromatic heterocycles. The van der Waals surface area contributed by atoms with Gasteiger partial charge < -0.3 is 0 Å². The van der Waals surface area contributed by atoms with E-state index >= 15 is 0 Å². The lowest BCUT2D eigenvalue weighted by atomic mass is 9.93. The van der Waals surface area contributed by atoms with Crippen LogP contribution < -0.4 is 31.8 Å². The molecule has 12 aromatic carbocycles. The highest BCUT2D eigenvalue weighted by molar-refractivity contribution is 7.81. The van der Waals surface area contributed by atoms with Crippen LogP contribution in [0.15, 0.2) is 243 Å². The molecule has 62 heavy (non-hydrogen) atoms. The minimum atomic E-state index is -1.11. The highest BCUT2D eigenvalue weighted by atomic mass is 31.1. The summed E-state index contributed by atoms with van der Waals surface area (Å²) in [6.07, 6.45) is 0. The van der Waals surface area contributed by atoms with E-state index in [9.17, 15) is 0 Å². The molecule has 0 radical (unpaired) electrons. The Morgan fingerprint density at radius 1 is 0.161 bits per heavy atom. The van der Waals surface area contributed by atoms with Gasteiger partial charge in [0.1, 0.15) is 0 Å². The summed E-state index contributed by atoms with van der Waals surface area (Å²) in [6, 6.07) is 91.5. The van der Waals surface area contributed by atoms with Gasteiger partial charge in [0.2, 0.25) is 0 Å². The monoisotopic (exact) mass is 822 g/mol. The van der Waals surface area contributed by atoms with Crippen molar-refractivity contribution in [1.29, 1.82) is 0 Å². The van der Waals surface area contributed by atoms with Gasteiger partial charge in [-0.05, 0) is 123 Å². The zero-order valence-corrected chi connectivity index (χ0v) is 35.8. The van der Waals surface area contributed by atoms with Gasteiger partial charge in [0.15, 0.2) is 0 Å². The molecule has 0 amide bonds. The molecule has 0 saturated heterocycles. The quantitative estimate of drug-likeness (QED) is 0.141. The molecule has 12 aromatic rings. The van der Waals surface area contributed by atoms with Gasteiger partial charge in [0.25, 0.3) is 0 Å². The molecule has 0 aliphatic heterocycles. The van der Waals surface area contributed by atoms with E-state index in [1.165, 1.54) is 108 Å². The fourth-order valence-corrected chi connectivity index (χ4v) is 15.4. The van der Waals surface area contributed by atoms with Gasteiger partial charge in [-0.15, -0.1) is 0 Å². The second-order valence-electron chi connectivity index (χ2n) is 16.0. The Morgan fingerprint density at radius 2 is 0.387 bits per heavy atom. The topological polar surface area (TPSA) is 0 Å². The van der Waals surface area contributed by atoms with E-state index in [-0.39, 0.29) is 0 Å². The highest BCUT2D eigenvalue weighted by Gasteiger charge is 2.30. The van der Waals surface area contributed by atoms with Crippen LogP contribution in [0.25, 0.3) is 75.8 Å². The molecule has 290 valence electrons. The predicted molar refractivity (Wildman–Crippen MR) is 274 cm³/mol. The largest absolute Gasteiger partial charge is 0.0616 e. The molecule has 0 heterocycles. The maximum absolute atomic E-state index is 2.48. The second kappa shape index (κ2) is 15.5. The van der Waals surface area contributed by atoms with Crippen LogP contribution in [0.1, 0.15) is 0 Å². The van der Waals surface area contributed by atoms with Gasteiger partial charge in [-0.2, -0.15) is 0 Å². The fraction of sp³-hybridized carbons (Fsp3) is 0. The minimum absolute atomic E-state index is 1.11. The Labute approximate surface area is 364 Å². The van der Waals surface area contributed by atoms with Crippen molar-refractivity contribution in [3.8, 4) is 11.1 Å². The standard InChI is InChI=1S/C60H40P2/c1-7-27-47-41(17-1)23-13-33-53(47)61(54-34-14-24-42-18-2-8-28-48(42)54)57-39-37-45-21-5-11-31-51(45)59(57)60-52-32-12-6-22-46(52)38-40-58(60)62(55-35-15-25-43-19-3-9-29-49(43)55)56-36-16-26-44-20-4-10-30-50(44)56/h1-40H. The zero-order chi connectivity index (χ0) is 41.0. The minimum Gasteiger partial charge on any atom is -0.0616 e. The van der Waals surface area contributed by atoms with Gasteiger partial charge in [0.05, 0.1) is 0 Å². The third kappa shape index (κ3) is 6.14. The summed E-state index contributed by atoms with van der Waals surface area (Å²) in [5.41, 5.74) is 2.66. The van der Waals surface area contributed by atoms with Crippen molar-refractivity contribution in [3.05, 3.63) is 243 Å². The van der Waals surface area contributed by atoms with Gasteiger partial charge >= 0.3 is 0 Å². The van der Waals surface area contributed by atoms with Crippen LogP contribution in [0.3, 0.4) is 0 Å². The lowest BCUT2D eigenvalue weighted by Gasteiger charge is -2.30. The summed E-state index contributed by atoms with van der Waals surface area (Å²) < 4.78 is 0. The molecular formula is C60H40P2. The van der Waals surface area contributed by atoms with Crippen LogP contribution in [0.5, 0.6) is 0 Å². The van der Waals surface area contributed by atoms with E-state index in [0.717, 1.165) is 0 Å². The van der Waals surface area contributed by atoms with Gasteiger partial charge in [-0.25, -0.2) is 0 Å². The van der Waals surface area contributed by atoms with Crippen molar-refractivity contribution in [2.75, 3.05) is 0 Å². The third-order valence-corrected chi connectivity index (χ3v) is 17.8. The smallest absolute Gasteiger partial charge is 0.000883 e. The van der Waals surface area contributed by atoms with Crippen LogP contribution in [-0.4, -0.2) is 0 Å². The van der Waals surface area contributed by atoms with E-state index in [2.05, 4.69) is 243 Å². The van der Waals surface area contributed by atoms with Crippen LogP contribution in [0, 0.1) is 0 Å². The second-order valence-corrected chi connectivity index (χ2v) is 20.3. The first-order valence-electron chi connectivity index (χ1n) is 21.4. The van der Waals surface area contributed by atoms with E-state index < -0.39 is 15.8 Å². The van der Waals surface area contributed by atoms with Crippen LogP contribution in [0.4, 0.5) is 0 Å². The molecule has 0 aliphatic carbocycles. The molecule has 0 fully saturated rings. The van der Waals surface area contributed by atoms with Crippen molar-refractivity contribution < 1.29 is 0 Å². The molecule has 12 rings (SSSR count). The van der Waals surface area contributed by atoms with Crippen LogP contribution in [0.2, 0.25) is 0 Å². The first-order chi connectivity index (χ1) is 30.8. The Hall–Kier alpha value is -6.94.